The van der Waals surface area contributed by atoms with Crippen LogP contribution in [0.25, 0.3) is 10.8 Å². The van der Waals surface area contributed by atoms with Gasteiger partial charge >= 0.3 is 0 Å². The molecule has 3 aromatic carbocycles. The van der Waals surface area contributed by atoms with Crippen molar-refractivity contribution in [3.8, 4) is 0 Å². The average molecular weight is 287 g/mol. The normalized spacial score (nSPS) is 12.1. The van der Waals surface area contributed by atoms with Gasteiger partial charge in [-0.1, -0.05) is 60.7 Å². The molecule has 1 atom stereocenters. The van der Waals surface area contributed by atoms with E-state index in [0.29, 0.717) is 0 Å². The summed E-state index contributed by atoms with van der Waals surface area (Å²) >= 11 is 0. The molecule has 0 saturated carbocycles. The highest BCUT2D eigenvalue weighted by atomic mass is 15.1. The average Bonchev–Trinajstić information content (AvgIpc) is 2.56. The topological polar surface area (TPSA) is 3.24 Å². The predicted molar refractivity (Wildman–Crippen MR) is 96.8 cm³/mol. The van der Waals surface area contributed by atoms with E-state index in [2.05, 4.69) is 92.3 Å². The second-order valence-corrected chi connectivity index (χ2v) is 5.77. The minimum absolute atomic E-state index is 0.210. The Morgan fingerprint density at radius 2 is 1.55 bits per heavy atom. The van der Waals surface area contributed by atoms with Crippen LogP contribution in [0.1, 0.15) is 17.0 Å². The molecule has 110 valence electrons. The van der Waals surface area contributed by atoms with Crippen molar-refractivity contribution < 1.29 is 0 Å². The molecule has 0 unspecified atom stereocenters. The zero-order chi connectivity index (χ0) is 15.5. The molecule has 3 aromatic rings. The molecule has 0 heterocycles. The molecule has 0 aliphatic heterocycles. The molecule has 0 aliphatic carbocycles. The Morgan fingerprint density at radius 1 is 0.864 bits per heavy atom. The Kier molecular flexibility index (Phi) is 3.97. The van der Waals surface area contributed by atoms with E-state index in [1.165, 1.54) is 27.6 Å². The van der Waals surface area contributed by atoms with Crippen molar-refractivity contribution in [1.82, 2.24) is 0 Å². The predicted octanol–water partition coefficient (Wildman–Crippen LogP) is 5.22. The minimum Gasteiger partial charge on any atom is -0.378 e. The number of benzene rings is 3. The van der Waals surface area contributed by atoms with Crippen LogP contribution >= 0.6 is 0 Å². The van der Waals surface area contributed by atoms with Crippen molar-refractivity contribution in [2.45, 2.75) is 5.92 Å². The first-order chi connectivity index (χ1) is 10.7. The SMILES string of the molecule is C=C[C@H](c1ccc(N(C)C)cc1)c1cccc2ccccc12. The van der Waals surface area contributed by atoms with Crippen molar-refractivity contribution in [2.75, 3.05) is 19.0 Å². The quantitative estimate of drug-likeness (QED) is 0.594. The molecule has 0 spiro atoms. The number of rotatable bonds is 4. The van der Waals surface area contributed by atoms with Crippen LogP contribution in [0.15, 0.2) is 79.4 Å². The van der Waals surface area contributed by atoms with Gasteiger partial charge in [-0.2, -0.15) is 0 Å². The van der Waals surface area contributed by atoms with Crippen LogP contribution in [-0.4, -0.2) is 14.1 Å². The van der Waals surface area contributed by atoms with E-state index >= 15 is 0 Å². The molecule has 22 heavy (non-hydrogen) atoms. The number of allylic oxidation sites excluding steroid dienone is 1. The summed E-state index contributed by atoms with van der Waals surface area (Å²) in [5.74, 6) is 0.210. The van der Waals surface area contributed by atoms with E-state index in [-0.39, 0.29) is 5.92 Å². The molecule has 0 saturated heterocycles. The van der Waals surface area contributed by atoms with E-state index < -0.39 is 0 Å². The molecule has 1 heteroatoms. The lowest BCUT2D eigenvalue weighted by atomic mass is 9.88. The van der Waals surface area contributed by atoms with Gasteiger partial charge in [0.2, 0.25) is 0 Å². The van der Waals surface area contributed by atoms with Gasteiger partial charge < -0.3 is 4.90 Å². The third-order valence-electron chi connectivity index (χ3n) is 4.16. The Hall–Kier alpha value is -2.54. The zero-order valence-corrected chi connectivity index (χ0v) is 13.2. The number of hydrogen-bond donors (Lipinski definition) is 0. The maximum absolute atomic E-state index is 4.07. The van der Waals surface area contributed by atoms with Crippen molar-refractivity contribution in [3.63, 3.8) is 0 Å². The Bertz CT molecular complexity index is 779. The molecule has 0 N–H and O–H groups in total. The number of hydrogen-bond acceptors (Lipinski definition) is 1. The summed E-state index contributed by atoms with van der Waals surface area (Å²) in [6, 6.07) is 23.7. The van der Waals surface area contributed by atoms with E-state index in [0.717, 1.165) is 0 Å². The fraction of sp³-hybridized carbons (Fsp3) is 0.143. The highest BCUT2D eigenvalue weighted by Gasteiger charge is 2.13. The van der Waals surface area contributed by atoms with Crippen molar-refractivity contribution in [1.29, 1.82) is 0 Å². The Labute approximate surface area is 132 Å². The Balaban J connectivity index is 2.08. The summed E-state index contributed by atoms with van der Waals surface area (Å²) in [7, 11) is 4.12. The summed E-state index contributed by atoms with van der Waals surface area (Å²) in [4.78, 5) is 2.12. The highest BCUT2D eigenvalue weighted by Crippen LogP contribution is 2.32. The fourth-order valence-corrected chi connectivity index (χ4v) is 2.94. The first-order valence-corrected chi connectivity index (χ1v) is 7.58. The lowest BCUT2D eigenvalue weighted by Crippen LogP contribution is -2.08. The summed E-state index contributed by atoms with van der Waals surface area (Å²) in [6.07, 6.45) is 2.03. The van der Waals surface area contributed by atoms with Gasteiger partial charge in [-0.15, -0.1) is 6.58 Å². The summed E-state index contributed by atoms with van der Waals surface area (Å²) in [6.45, 7) is 4.07. The maximum Gasteiger partial charge on any atom is 0.0361 e. The van der Waals surface area contributed by atoms with Gasteiger partial charge in [0.25, 0.3) is 0 Å². The van der Waals surface area contributed by atoms with Crippen LogP contribution in [-0.2, 0) is 0 Å². The van der Waals surface area contributed by atoms with E-state index in [1.807, 2.05) is 6.08 Å². The molecule has 0 bridgehead atoms. The van der Waals surface area contributed by atoms with Gasteiger partial charge in [-0.3, -0.25) is 0 Å². The van der Waals surface area contributed by atoms with Crippen LogP contribution in [0, 0.1) is 0 Å². The van der Waals surface area contributed by atoms with Crippen molar-refractivity contribution in [2.24, 2.45) is 0 Å². The monoisotopic (exact) mass is 287 g/mol. The lowest BCUT2D eigenvalue weighted by Gasteiger charge is -2.18. The highest BCUT2D eigenvalue weighted by molar-refractivity contribution is 5.86. The largest absolute Gasteiger partial charge is 0.378 e. The van der Waals surface area contributed by atoms with Crippen LogP contribution in [0.3, 0.4) is 0 Å². The standard InChI is InChI=1S/C21H21N/c1-4-19(17-12-14-18(15-13-17)22(2)3)21-11-7-9-16-8-5-6-10-20(16)21/h4-15,19H,1H2,2-3H3/t19-/m1/s1. The van der Waals surface area contributed by atoms with Gasteiger partial charge in [0.1, 0.15) is 0 Å². The first-order valence-electron chi connectivity index (χ1n) is 7.58. The molecule has 3 rings (SSSR count). The number of nitrogens with zero attached hydrogens (tertiary/aromatic N) is 1. The first kappa shape index (κ1) is 14.4. The summed E-state index contributed by atoms with van der Waals surface area (Å²) in [5, 5.41) is 2.57. The van der Waals surface area contributed by atoms with Gasteiger partial charge in [0.05, 0.1) is 0 Å². The molecule has 0 amide bonds. The molecule has 0 aromatic heterocycles. The van der Waals surface area contributed by atoms with Crippen molar-refractivity contribution in [3.05, 3.63) is 90.5 Å². The van der Waals surface area contributed by atoms with Gasteiger partial charge in [0.15, 0.2) is 0 Å². The van der Waals surface area contributed by atoms with Gasteiger partial charge in [0, 0.05) is 25.7 Å². The second-order valence-electron chi connectivity index (χ2n) is 5.77. The van der Waals surface area contributed by atoms with Crippen LogP contribution in [0.2, 0.25) is 0 Å². The number of anilines is 1. The second kappa shape index (κ2) is 6.07. The molecule has 1 nitrogen and oxygen atoms in total. The van der Waals surface area contributed by atoms with Crippen LogP contribution in [0.5, 0.6) is 0 Å². The molecular weight excluding hydrogens is 266 g/mol. The molecule has 0 radical (unpaired) electrons. The third kappa shape index (κ3) is 2.62. The van der Waals surface area contributed by atoms with E-state index in [9.17, 15) is 0 Å². The molecule has 0 fully saturated rings. The zero-order valence-electron chi connectivity index (χ0n) is 13.2. The van der Waals surface area contributed by atoms with Crippen LogP contribution in [0.4, 0.5) is 5.69 Å². The van der Waals surface area contributed by atoms with Crippen molar-refractivity contribution >= 4 is 16.5 Å². The molecular formula is C21H21N. The summed E-state index contributed by atoms with van der Waals surface area (Å²) < 4.78 is 0. The third-order valence-corrected chi connectivity index (χ3v) is 4.16. The van der Waals surface area contributed by atoms with E-state index in [1.54, 1.807) is 0 Å². The number of fused-ring (bicyclic) bond motifs is 1. The Morgan fingerprint density at radius 3 is 2.23 bits per heavy atom. The maximum atomic E-state index is 4.07. The lowest BCUT2D eigenvalue weighted by molar-refractivity contribution is 1.04. The van der Waals surface area contributed by atoms with E-state index in [4.69, 9.17) is 0 Å². The fourth-order valence-electron chi connectivity index (χ4n) is 2.94. The van der Waals surface area contributed by atoms with Gasteiger partial charge in [-0.25, -0.2) is 0 Å². The van der Waals surface area contributed by atoms with Crippen LogP contribution < -0.4 is 4.90 Å². The minimum atomic E-state index is 0.210. The smallest absolute Gasteiger partial charge is 0.0361 e. The summed E-state index contributed by atoms with van der Waals surface area (Å²) in [5.41, 5.74) is 3.80. The van der Waals surface area contributed by atoms with Gasteiger partial charge in [-0.05, 0) is 34.0 Å². The molecule has 0 aliphatic rings.